The van der Waals surface area contributed by atoms with Gasteiger partial charge in [-0.2, -0.15) is 0 Å². The van der Waals surface area contributed by atoms with Gasteiger partial charge in [0.25, 0.3) is 0 Å². The van der Waals surface area contributed by atoms with Crippen LogP contribution in [0.2, 0.25) is 0 Å². The van der Waals surface area contributed by atoms with Gasteiger partial charge < -0.3 is 40.7 Å². The number of fused-ring (bicyclic) bond motifs is 24. The maximum Gasteiger partial charge on any atom is 0.161 e. The van der Waals surface area contributed by atoms with Gasteiger partial charge in [-0.3, -0.25) is 0 Å². The van der Waals surface area contributed by atoms with E-state index in [0.29, 0.717) is 0 Å². The fourth-order valence-electron chi connectivity index (χ4n) is 22.4. The Morgan fingerprint density at radius 3 is 0.738 bits per heavy atom. The minimum atomic E-state index is 0.893. The summed E-state index contributed by atoms with van der Waals surface area (Å²) in [4.78, 5) is 0. The summed E-state index contributed by atoms with van der Waals surface area (Å²) in [6, 6.07) is 182. The SMILES string of the molecule is c1ccc(-n2c3ccccc3c3cc(-c4ccc(-c5cccc6oc7c8ccccc8n(-c8ccccc8)c7c56)cc4)ccc32)cc1.c1ccc(-n2c3ccccc3c3ccc(-c4ccc(-c5cccc6oc7c8ccccc8n(-c8ccccc8)c7c56)cc4)cc32)cc1.c1ccc(-n2c3ccccc3c3cccc(-c4ccc(-c5cccc6oc7c8ccccc8n(-c8ccccc8)c7c56)cc4)c32)cc1. The third-order valence-electron chi connectivity index (χ3n) is 28.6. The smallest absolute Gasteiger partial charge is 0.161 e. The molecule has 0 fully saturated rings. The van der Waals surface area contributed by atoms with E-state index in [4.69, 9.17) is 13.3 Å². The maximum atomic E-state index is 6.63. The molecule has 660 valence electrons. The third-order valence-corrected chi connectivity index (χ3v) is 28.6. The Morgan fingerprint density at radius 2 is 0.362 bits per heavy atom. The zero-order chi connectivity index (χ0) is 92.7. The molecule has 0 radical (unpaired) electrons. The topological polar surface area (TPSA) is 69.0 Å². The van der Waals surface area contributed by atoms with Crippen LogP contribution in [0.3, 0.4) is 0 Å². The Bertz CT molecular complexity index is 10100. The summed E-state index contributed by atoms with van der Waals surface area (Å²) in [6.07, 6.45) is 0. The van der Waals surface area contributed by atoms with E-state index in [1.54, 1.807) is 0 Å². The van der Waals surface area contributed by atoms with Gasteiger partial charge in [-0.25, -0.2) is 0 Å². The van der Waals surface area contributed by atoms with Gasteiger partial charge in [0.2, 0.25) is 0 Å². The van der Waals surface area contributed by atoms with Crippen LogP contribution in [0.25, 0.3) is 265 Å². The van der Waals surface area contributed by atoms with Crippen LogP contribution >= 0.6 is 0 Å². The van der Waals surface area contributed by atoms with Gasteiger partial charge in [-0.15, -0.1) is 0 Å². The molecule has 21 aromatic carbocycles. The summed E-state index contributed by atoms with van der Waals surface area (Å²) in [7, 11) is 0. The summed E-state index contributed by atoms with van der Waals surface area (Å²) in [5, 5.41) is 14.3. The first-order valence-corrected chi connectivity index (χ1v) is 48.1. The Morgan fingerprint density at radius 1 is 0.128 bits per heavy atom. The van der Waals surface area contributed by atoms with E-state index in [1.165, 1.54) is 110 Å². The zero-order valence-corrected chi connectivity index (χ0v) is 76.4. The Balaban J connectivity index is 0.000000104. The van der Waals surface area contributed by atoms with Gasteiger partial charge in [0.1, 0.15) is 33.3 Å². The monoisotopic (exact) mass is 1800 g/mol. The van der Waals surface area contributed by atoms with Crippen LogP contribution in [-0.4, -0.2) is 27.4 Å². The number of aromatic nitrogens is 6. The molecule has 9 nitrogen and oxygen atoms in total. The minimum absolute atomic E-state index is 0.893. The fraction of sp³-hybridized carbons (Fsp3) is 0. The lowest BCUT2D eigenvalue weighted by molar-refractivity contribution is 0.672. The standard InChI is InChI=1S/3C44H28N2O/c1-3-13-31(14-4-1)45-38-22-9-7-17-35(38)36-21-11-20-34(42(36)45)30-27-25-29(26-28-30)33-19-12-24-40-41(33)43-44(47-40)37-18-8-10-23-39(37)46(43)32-15-5-2-6-16-32;1-3-12-32(13-4-1)45-38-19-9-7-16-35(38)36-27-26-31(28-40(36)45)29-22-24-30(25-23-29)34-18-11-21-41-42(34)43-44(47-41)37-17-8-10-20-39(37)46(43)33-14-5-2-6-15-33;1-3-12-32(13-4-1)45-38-19-9-7-16-35(38)37-28-31(26-27-40(37)45)29-22-24-30(25-23-29)34-18-11-21-41-42(34)43-44(47-41)36-17-8-10-20-39(36)46(43)33-14-5-2-6-15-33/h3*1-28H. The Hall–Kier alpha value is -19.0. The molecule has 9 aromatic heterocycles. The normalized spacial score (nSPS) is 11.8. The highest BCUT2D eigenvalue weighted by Crippen LogP contribution is 2.50. The Kier molecular flexibility index (Phi) is 18.8. The second-order valence-electron chi connectivity index (χ2n) is 36.4. The van der Waals surface area contributed by atoms with Crippen LogP contribution in [0.1, 0.15) is 0 Å². The van der Waals surface area contributed by atoms with E-state index >= 15 is 0 Å². The fourth-order valence-corrected chi connectivity index (χ4v) is 22.4. The molecule has 30 aromatic rings. The molecule has 0 N–H and O–H groups in total. The summed E-state index contributed by atoms with van der Waals surface area (Å²) in [6.45, 7) is 0. The first kappa shape index (κ1) is 80.5. The third kappa shape index (κ3) is 13.0. The van der Waals surface area contributed by atoms with E-state index < -0.39 is 0 Å². The number of benzene rings is 21. The van der Waals surface area contributed by atoms with Gasteiger partial charge in [0, 0.05) is 88.2 Å². The van der Waals surface area contributed by atoms with E-state index in [0.717, 1.165) is 155 Å². The molecule has 30 rings (SSSR count). The molecule has 0 saturated carbocycles. The summed E-state index contributed by atoms with van der Waals surface area (Å²) < 4.78 is 34.0. The molecule has 0 amide bonds. The average molecular weight is 1800 g/mol. The van der Waals surface area contributed by atoms with Crippen LogP contribution in [-0.2, 0) is 0 Å². The zero-order valence-electron chi connectivity index (χ0n) is 76.4. The van der Waals surface area contributed by atoms with E-state index in [2.05, 4.69) is 537 Å². The molecule has 9 heteroatoms. The molecule has 0 atom stereocenters. The summed E-state index contributed by atoms with van der Waals surface area (Å²) >= 11 is 0. The van der Waals surface area contributed by atoms with Gasteiger partial charge in [-0.05, 0) is 225 Å². The van der Waals surface area contributed by atoms with Crippen LogP contribution in [0.5, 0.6) is 0 Å². The van der Waals surface area contributed by atoms with Crippen molar-refractivity contribution in [3.05, 3.63) is 510 Å². The molecule has 0 aliphatic heterocycles. The van der Waals surface area contributed by atoms with E-state index in [9.17, 15) is 0 Å². The van der Waals surface area contributed by atoms with Crippen molar-refractivity contribution in [2.24, 2.45) is 0 Å². The Labute approximate surface area is 809 Å². The molecule has 0 unspecified atom stereocenters. The van der Waals surface area contributed by atoms with Crippen molar-refractivity contribution in [2.75, 3.05) is 0 Å². The van der Waals surface area contributed by atoms with Gasteiger partial charge in [-0.1, -0.05) is 346 Å². The minimum Gasteiger partial charge on any atom is -0.454 e. The number of nitrogens with zero attached hydrogens (tertiary/aromatic N) is 6. The van der Waals surface area contributed by atoms with E-state index in [1.807, 2.05) is 0 Å². The summed E-state index contributed by atoms with van der Waals surface area (Å²) in [5.74, 6) is 0. The first-order valence-electron chi connectivity index (χ1n) is 48.1. The van der Waals surface area contributed by atoms with Gasteiger partial charge >= 0.3 is 0 Å². The van der Waals surface area contributed by atoms with Crippen molar-refractivity contribution in [2.45, 2.75) is 0 Å². The number of para-hydroxylation sites is 13. The maximum absolute atomic E-state index is 6.63. The van der Waals surface area contributed by atoms with Crippen LogP contribution in [0.15, 0.2) is 523 Å². The van der Waals surface area contributed by atoms with Crippen molar-refractivity contribution in [1.82, 2.24) is 27.4 Å². The highest BCUT2D eigenvalue weighted by Gasteiger charge is 2.28. The van der Waals surface area contributed by atoms with E-state index in [-0.39, 0.29) is 0 Å². The second-order valence-corrected chi connectivity index (χ2v) is 36.4. The largest absolute Gasteiger partial charge is 0.454 e. The van der Waals surface area contributed by atoms with Crippen molar-refractivity contribution < 1.29 is 13.3 Å². The second kappa shape index (κ2) is 33.0. The lowest BCUT2D eigenvalue weighted by atomic mass is 9.96. The van der Waals surface area contributed by atoms with Crippen molar-refractivity contribution in [1.29, 1.82) is 0 Å². The van der Waals surface area contributed by atoms with Gasteiger partial charge in [0.15, 0.2) is 16.7 Å². The van der Waals surface area contributed by atoms with Gasteiger partial charge in [0.05, 0.1) is 65.8 Å². The van der Waals surface area contributed by atoms with Crippen LogP contribution < -0.4 is 0 Å². The lowest BCUT2D eigenvalue weighted by Gasteiger charge is -2.12. The average Bonchev–Trinajstić information content (AvgIpc) is 1.56. The molecule has 0 spiro atoms. The lowest BCUT2D eigenvalue weighted by Crippen LogP contribution is -1.95. The molecule has 141 heavy (non-hydrogen) atoms. The van der Waals surface area contributed by atoms with Crippen molar-refractivity contribution >= 4 is 164 Å². The highest BCUT2D eigenvalue weighted by molar-refractivity contribution is 6.24. The first-order chi connectivity index (χ1) is 70.0. The number of furan rings is 3. The van der Waals surface area contributed by atoms with Crippen LogP contribution in [0, 0.1) is 0 Å². The molecule has 0 aliphatic carbocycles. The molecule has 0 bridgehead atoms. The molecular weight excluding hydrogens is 1720 g/mol. The number of rotatable bonds is 12. The van der Waals surface area contributed by atoms with Crippen molar-refractivity contribution in [3.8, 4) is 101 Å². The molecule has 0 saturated heterocycles. The molecular formula is C132H84N6O3. The highest BCUT2D eigenvalue weighted by atomic mass is 16.3. The predicted octanol–water partition coefficient (Wildman–Crippen LogP) is 35.9. The van der Waals surface area contributed by atoms with Crippen molar-refractivity contribution in [3.63, 3.8) is 0 Å². The molecule has 0 aliphatic rings. The van der Waals surface area contributed by atoms with Crippen LogP contribution in [0.4, 0.5) is 0 Å². The quantitative estimate of drug-likeness (QED) is 0.122. The number of hydrogen-bond acceptors (Lipinski definition) is 3. The number of hydrogen-bond donors (Lipinski definition) is 0. The summed E-state index contributed by atoms with van der Waals surface area (Å²) in [5.41, 5.74) is 40.4. The molecule has 9 heterocycles. The predicted molar refractivity (Wildman–Crippen MR) is 587 cm³/mol.